The average molecular weight is 453 g/mol. The topological polar surface area (TPSA) is 94.3 Å². The number of nitrogens with one attached hydrogen (secondary N) is 2. The highest BCUT2D eigenvalue weighted by Crippen LogP contribution is 2.34. The number of carbonyl (C=O) groups is 1. The Morgan fingerprint density at radius 1 is 1.35 bits per heavy atom. The molecule has 1 aliphatic rings. The Hall–Kier alpha value is -3.01. The molecule has 1 atom stereocenters. The van der Waals surface area contributed by atoms with Gasteiger partial charge in [0.1, 0.15) is 12.2 Å². The van der Waals surface area contributed by atoms with E-state index in [0.717, 1.165) is 31.3 Å². The lowest BCUT2D eigenvalue weighted by molar-refractivity contribution is -0.137. The minimum absolute atomic E-state index is 0.169. The molecule has 0 bridgehead atoms. The monoisotopic (exact) mass is 452 g/mol. The summed E-state index contributed by atoms with van der Waals surface area (Å²) >= 11 is 5.87. The van der Waals surface area contributed by atoms with Gasteiger partial charge in [0.2, 0.25) is 5.95 Å². The molecule has 1 aliphatic carbocycles. The van der Waals surface area contributed by atoms with E-state index in [-0.39, 0.29) is 28.3 Å². The second-order valence-corrected chi connectivity index (χ2v) is 7.58. The van der Waals surface area contributed by atoms with Crippen molar-refractivity contribution in [2.75, 3.05) is 11.9 Å². The number of alkyl halides is 3. The third kappa shape index (κ3) is 6.00. The molecule has 1 fully saturated rings. The zero-order valence-electron chi connectivity index (χ0n) is 16.5. The van der Waals surface area contributed by atoms with Gasteiger partial charge in [0.15, 0.2) is 0 Å². The van der Waals surface area contributed by atoms with Gasteiger partial charge < -0.3 is 10.2 Å². The summed E-state index contributed by atoms with van der Waals surface area (Å²) in [5.41, 5.74) is -1.16. The van der Waals surface area contributed by atoms with Gasteiger partial charge in [-0.15, -0.1) is 0 Å². The highest BCUT2D eigenvalue weighted by molar-refractivity contribution is 6.31. The minimum atomic E-state index is -4.63. The predicted octanol–water partition coefficient (Wildman–Crippen LogP) is 4.51. The van der Waals surface area contributed by atoms with E-state index >= 15 is 0 Å². The second-order valence-electron chi connectivity index (χ2n) is 7.14. The van der Waals surface area contributed by atoms with Crippen LogP contribution >= 0.6 is 11.6 Å². The highest BCUT2D eigenvalue weighted by Gasteiger charge is 2.35. The van der Waals surface area contributed by atoms with Crippen molar-refractivity contribution in [1.82, 2.24) is 14.9 Å². The molecule has 164 valence electrons. The van der Waals surface area contributed by atoms with Crippen molar-refractivity contribution < 1.29 is 18.0 Å². The van der Waals surface area contributed by atoms with Gasteiger partial charge in [-0.1, -0.05) is 11.6 Å². The number of benzene rings is 1. The molecule has 1 aromatic heterocycles. The molecule has 0 radical (unpaired) electrons. The number of hydrogen-bond acceptors (Lipinski definition) is 4. The van der Waals surface area contributed by atoms with Crippen molar-refractivity contribution in [3.05, 3.63) is 52.8 Å². The summed E-state index contributed by atoms with van der Waals surface area (Å²) in [6.45, 7) is 2.01. The molecule has 2 N–H and O–H groups in total. The number of rotatable bonds is 7. The molecular weight excluding hydrogens is 433 g/mol. The lowest BCUT2D eigenvalue weighted by Crippen LogP contribution is -2.47. The van der Waals surface area contributed by atoms with Crippen LogP contribution in [0.3, 0.4) is 0 Å². The highest BCUT2D eigenvalue weighted by atomic mass is 35.5. The Labute approximate surface area is 181 Å². The fourth-order valence-corrected chi connectivity index (χ4v) is 3.21. The molecule has 0 spiro atoms. The van der Waals surface area contributed by atoms with Gasteiger partial charge in [-0.3, -0.25) is 10.2 Å². The number of anilines is 1. The van der Waals surface area contributed by atoms with Crippen molar-refractivity contribution in [3.63, 3.8) is 0 Å². The maximum Gasteiger partial charge on any atom is 0.416 e. The lowest BCUT2D eigenvalue weighted by Gasteiger charge is -2.30. The Morgan fingerprint density at radius 3 is 2.61 bits per heavy atom. The van der Waals surface area contributed by atoms with Crippen molar-refractivity contribution in [3.8, 4) is 0 Å². The maximum absolute atomic E-state index is 13.3. The van der Waals surface area contributed by atoms with E-state index in [1.807, 2.05) is 0 Å². The molecule has 0 aliphatic heterocycles. The van der Waals surface area contributed by atoms with Crippen LogP contribution in [0.4, 0.5) is 19.1 Å². The van der Waals surface area contributed by atoms with E-state index in [1.165, 1.54) is 23.4 Å². The van der Waals surface area contributed by atoms with Crippen LogP contribution in [0.15, 0.2) is 41.7 Å². The lowest BCUT2D eigenvalue weighted by atomic mass is 10.1. The number of aliphatic imine (C=N–C) groups is 1. The van der Waals surface area contributed by atoms with Crippen LogP contribution in [-0.4, -0.2) is 45.5 Å². The number of halogens is 4. The van der Waals surface area contributed by atoms with Crippen LogP contribution in [0.2, 0.25) is 5.02 Å². The SMILES string of the molecule is CC(/C(=N/C=N)Nc1ncccn1)N(CC1CC1)C(=O)c1cc(Cl)cc(C(F)(F)F)c1. The van der Waals surface area contributed by atoms with Gasteiger partial charge in [-0.25, -0.2) is 15.0 Å². The van der Waals surface area contributed by atoms with Crippen LogP contribution in [0.25, 0.3) is 0 Å². The average Bonchev–Trinajstić information content (AvgIpc) is 3.55. The fourth-order valence-electron chi connectivity index (χ4n) is 2.98. The van der Waals surface area contributed by atoms with Crippen molar-refractivity contribution in [2.45, 2.75) is 32.0 Å². The van der Waals surface area contributed by atoms with Crippen LogP contribution in [0, 0.1) is 11.3 Å². The van der Waals surface area contributed by atoms with Crippen LogP contribution in [-0.2, 0) is 6.18 Å². The summed E-state index contributed by atoms with van der Waals surface area (Å²) in [7, 11) is 0. The zero-order valence-corrected chi connectivity index (χ0v) is 17.3. The molecule has 1 unspecified atom stereocenters. The smallest absolute Gasteiger partial charge is 0.328 e. The molecule has 7 nitrogen and oxygen atoms in total. The van der Waals surface area contributed by atoms with Crippen LogP contribution in [0.1, 0.15) is 35.7 Å². The molecule has 1 heterocycles. The number of amides is 1. The summed E-state index contributed by atoms with van der Waals surface area (Å²) in [5, 5.41) is 10.0. The molecule has 3 rings (SSSR count). The molecule has 2 aromatic rings. The van der Waals surface area contributed by atoms with Gasteiger partial charge in [0.05, 0.1) is 11.6 Å². The quantitative estimate of drug-likeness (QED) is 0.477. The first-order valence-electron chi connectivity index (χ1n) is 9.48. The number of amidine groups is 1. The summed E-state index contributed by atoms with van der Waals surface area (Å²) in [5.74, 6) is 0.0758. The number of carbonyl (C=O) groups excluding carboxylic acids is 1. The van der Waals surface area contributed by atoms with Crippen molar-refractivity contribution in [1.29, 1.82) is 5.41 Å². The molecule has 1 amide bonds. The van der Waals surface area contributed by atoms with Crippen LogP contribution < -0.4 is 5.32 Å². The van der Waals surface area contributed by atoms with Crippen LogP contribution in [0.5, 0.6) is 0 Å². The van der Waals surface area contributed by atoms with E-state index in [9.17, 15) is 18.0 Å². The summed E-state index contributed by atoms with van der Waals surface area (Å²) in [6, 6.07) is 3.73. The van der Waals surface area contributed by atoms with Crippen molar-refractivity contribution in [2.24, 2.45) is 10.9 Å². The molecule has 11 heteroatoms. The standard InChI is InChI=1S/C20H20ClF3N6O/c1-12(17(28-11-25)29-19-26-5-2-6-27-19)30(10-13-3-4-13)18(31)14-7-15(20(22,23)24)9-16(21)8-14/h2,5-9,11-13H,3-4,10H2,1H3,(H2,25,26,27,28,29). The third-order valence-electron chi connectivity index (χ3n) is 4.76. The van der Waals surface area contributed by atoms with Gasteiger partial charge in [-0.2, -0.15) is 13.2 Å². The summed E-state index contributed by atoms with van der Waals surface area (Å²) < 4.78 is 39.6. The predicted molar refractivity (Wildman–Crippen MR) is 112 cm³/mol. The Bertz CT molecular complexity index is 979. The van der Waals surface area contributed by atoms with Gasteiger partial charge in [0.25, 0.3) is 5.91 Å². The number of hydrogen-bond donors (Lipinski definition) is 2. The van der Waals surface area contributed by atoms with Gasteiger partial charge in [0, 0.05) is 29.5 Å². The Balaban J connectivity index is 1.93. The van der Waals surface area contributed by atoms with E-state index in [4.69, 9.17) is 17.0 Å². The first-order valence-corrected chi connectivity index (χ1v) is 9.86. The summed E-state index contributed by atoms with van der Waals surface area (Å²) in [4.78, 5) is 26.8. The van der Waals surface area contributed by atoms with Gasteiger partial charge >= 0.3 is 6.18 Å². The molecule has 1 saturated carbocycles. The van der Waals surface area contributed by atoms with Crippen molar-refractivity contribution >= 4 is 35.6 Å². The maximum atomic E-state index is 13.3. The molecular formula is C20H20ClF3N6O. The molecule has 0 saturated heterocycles. The van der Waals surface area contributed by atoms with E-state index in [2.05, 4.69) is 20.3 Å². The largest absolute Gasteiger partial charge is 0.416 e. The first-order chi connectivity index (χ1) is 14.7. The Kier molecular flexibility index (Phi) is 6.89. The first kappa shape index (κ1) is 22.7. The normalized spacial score (nSPS) is 15.3. The summed E-state index contributed by atoms with van der Waals surface area (Å²) in [6.07, 6.45) is 1.05. The van der Waals surface area contributed by atoms with E-state index < -0.39 is 23.7 Å². The minimum Gasteiger partial charge on any atom is -0.328 e. The van der Waals surface area contributed by atoms with Gasteiger partial charge in [-0.05, 0) is 49.9 Å². The van der Waals surface area contributed by atoms with E-state index in [0.29, 0.717) is 6.54 Å². The molecule has 31 heavy (non-hydrogen) atoms. The number of nitrogens with zero attached hydrogens (tertiary/aromatic N) is 4. The fraction of sp³-hybridized carbons (Fsp3) is 0.350. The second kappa shape index (κ2) is 9.42. The molecule has 1 aromatic carbocycles. The zero-order chi connectivity index (χ0) is 22.6. The van der Waals surface area contributed by atoms with E-state index in [1.54, 1.807) is 13.0 Å². The Morgan fingerprint density at radius 2 is 2.03 bits per heavy atom. The number of aromatic nitrogens is 2. The third-order valence-corrected chi connectivity index (χ3v) is 4.98.